The SMILES string of the molecule is COc1ccc(CN(Cc2cccc([N+](=O)[O-])c2C)C(=O)c2cc(C3CC3)nn2C)c(OC)c1. The molecule has 178 valence electrons. The van der Waals surface area contributed by atoms with Crippen LogP contribution in [-0.2, 0) is 20.1 Å². The zero-order chi connectivity index (χ0) is 24.4. The lowest BCUT2D eigenvalue weighted by molar-refractivity contribution is -0.385. The molecule has 1 aliphatic rings. The van der Waals surface area contributed by atoms with Gasteiger partial charge in [0, 0.05) is 42.8 Å². The Labute approximate surface area is 198 Å². The summed E-state index contributed by atoms with van der Waals surface area (Å²) in [5, 5.41) is 16.0. The molecule has 34 heavy (non-hydrogen) atoms. The number of hydrogen-bond donors (Lipinski definition) is 0. The molecular weight excluding hydrogens is 436 g/mol. The zero-order valence-electron chi connectivity index (χ0n) is 19.8. The van der Waals surface area contributed by atoms with E-state index in [4.69, 9.17) is 9.47 Å². The molecule has 1 amide bonds. The molecule has 0 aliphatic heterocycles. The molecule has 0 radical (unpaired) electrons. The number of aryl methyl sites for hydroxylation is 1. The van der Waals surface area contributed by atoms with Crippen LogP contribution >= 0.6 is 0 Å². The first-order valence-electron chi connectivity index (χ1n) is 11.1. The van der Waals surface area contributed by atoms with Gasteiger partial charge in [0.1, 0.15) is 17.2 Å². The maximum absolute atomic E-state index is 13.7. The lowest BCUT2D eigenvalue weighted by atomic mass is 10.1. The minimum Gasteiger partial charge on any atom is -0.497 e. The van der Waals surface area contributed by atoms with Gasteiger partial charge < -0.3 is 14.4 Å². The van der Waals surface area contributed by atoms with Gasteiger partial charge in [-0.15, -0.1) is 0 Å². The van der Waals surface area contributed by atoms with Crippen molar-refractivity contribution >= 4 is 11.6 Å². The molecule has 0 spiro atoms. The molecule has 0 bridgehead atoms. The number of rotatable bonds is 9. The van der Waals surface area contributed by atoms with Gasteiger partial charge in [-0.25, -0.2) is 0 Å². The molecule has 0 unspecified atom stereocenters. The summed E-state index contributed by atoms with van der Waals surface area (Å²) in [6.45, 7) is 2.16. The second-order valence-electron chi connectivity index (χ2n) is 8.51. The third kappa shape index (κ3) is 4.73. The number of ether oxygens (including phenoxy) is 2. The number of carbonyl (C=O) groups excluding carboxylic acids is 1. The maximum Gasteiger partial charge on any atom is 0.272 e. The van der Waals surface area contributed by atoms with Crippen LogP contribution in [0.2, 0.25) is 0 Å². The summed E-state index contributed by atoms with van der Waals surface area (Å²) in [7, 11) is 4.91. The van der Waals surface area contributed by atoms with Crippen LogP contribution in [0.5, 0.6) is 11.5 Å². The molecule has 0 saturated heterocycles. The van der Waals surface area contributed by atoms with Crippen molar-refractivity contribution in [3.05, 3.63) is 80.7 Å². The van der Waals surface area contributed by atoms with Crippen molar-refractivity contribution in [3.8, 4) is 11.5 Å². The molecule has 1 fully saturated rings. The van der Waals surface area contributed by atoms with Crippen LogP contribution in [0.3, 0.4) is 0 Å². The van der Waals surface area contributed by atoms with E-state index in [-0.39, 0.29) is 24.7 Å². The summed E-state index contributed by atoms with van der Waals surface area (Å²) in [6.07, 6.45) is 2.18. The van der Waals surface area contributed by atoms with Crippen molar-refractivity contribution in [1.29, 1.82) is 0 Å². The van der Waals surface area contributed by atoms with Crippen molar-refractivity contribution in [2.24, 2.45) is 7.05 Å². The fraction of sp³-hybridized carbons (Fsp3) is 0.360. The van der Waals surface area contributed by atoms with Gasteiger partial charge in [-0.1, -0.05) is 12.1 Å². The average Bonchev–Trinajstić information content (AvgIpc) is 3.61. The third-order valence-electron chi connectivity index (χ3n) is 6.23. The smallest absolute Gasteiger partial charge is 0.272 e. The van der Waals surface area contributed by atoms with E-state index in [1.807, 2.05) is 24.3 Å². The van der Waals surface area contributed by atoms with E-state index in [9.17, 15) is 14.9 Å². The molecule has 9 heteroatoms. The summed E-state index contributed by atoms with van der Waals surface area (Å²) >= 11 is 0. The topological polar surface area (TPSA) is 99.7 Å². The Hall–Kier alpha value is -3.88. The lowest BCUT2D eigenvalue weighted by Gasteiger charge is -2.25. The van der Waals surface area contributed by atoms with Crippen molar-refractivity contribution < 1.29 is 19.2 Å². The predicted octanol–water partition coefficient (Wildman–Crippen LogP) is 4.37. The molecule has 1 saturated carbocycles. The zero-order valence-corrected chi connectivity index (χ0v) is 19.8. The van der Waals surface area contributed by atoms with Gasteiger partial charge in [0.05, 0.1) is 31.4 Å². The van der Waals surface area contributed by atoms with E-state index in [1.54, 1.807) is 49.9 Å². The number of nitro benzene ring substituents is 1. The number of methoxy groups -OCH3 is 2. The van der Waals surface area contributed by atoms with Crippen LogP contribution in [-0.4, -0.2) is 39.7 Å². The van der Waals surface area contributed by atoms with Crippen molar-refractivity contribution in [2.45, 2.75) is 38.8 Å². The number of carbonyl (C=O) groups is 1. The van der Waals surface area contributed by atoms with E-state index >= 15 is 0 Å². The Balaban J connectivity index is 1.71. The first-order valence-corrected chi connectivity index (χ1v) is 11.1. The van der Waals surface area contributed by atoms with E-state index < -0.39 is 4.92 Å². The highest BCUT2D eigenvalue weighted by Crippen LogP contribution is 2.39. The Bertz CT molecular complexity index is 1230. The van der Waals surface area contributed by atoms with Gasteiger partial charge in [0.2, 0.25) is 0 Å². The predicted molar refractivity (Wildman–Crippen MR) is 126 cm³/mol. The highest BCUT2D eigenvalue weighted by molar-refractivity contribution is 5.92. The Morgan fingerprint density at radius 1 is 1.15 bits per heavy atom. The van der Waals surface area contributed by atoms with Crippen LogP contribution < -0.4 is 9.47 Å². The first-order chi connectivity index (χ1) is 16.3. The highest BCUT2D eigenvalue weighted by atomic mass is 16.6. The number of amides is 1. The average molecular weight is 465 g/mol. The fourth-order valence-corrected chi connectivity index (χ4v) is 4.06. The van der Waals surface area contributed by atoms with Crippen LogP contribution in [0.25, 0.3) is 0 Å². The molecule has 3 aromatic rings. The second-order valence-corrected chi connectivity index (χ2v) is 8.51. The van der Waals surface area contributed by atoms with Crippen LogP contribution in [0, 0.1) is 17.0 Å². The van der Waals surface area contributed by atoms with Crippen molar-refractivity contribution in [3.63, 3.8) is 0 Å². The minimum atomic E-state index is -0.402. The molecule has 1 aromatic heterocycles. The van der Waals surface area contributed by atoms with Gasteiger partial charge in [-0.2, -0.15) is 5.10 Å². The minimum absolute atomic E-state index is 0.0310. The summed E-state index contributed by atoms with van der Waals surface area (Å²) in [4.78, 5) is 26.5. The largest absolute Gasteiger partial charge is 0.497 e. The molecule has 2 aromatic carbocycles. The Morgan fingerprint density at radius 3 is 2.53 bits per heavy atom. The molecule has 9 nitrogen and oxygen atoms in total. The van der Waals surface area contributed by atoms with Gasteiger partial charge >= 0.3 is 0 Å². The quantitative estimate of drug-likeness (QED) is 0.344. The van der Waals surface area contributed by atoms with E-state index in [1.165, 1.54) is 6.07 Å². The second kappa shape index (κ2) is 9.54. The number of hydrogen-bond acceptors (Lipinski definition) is 6. The third-order valence-corrected chi connectivity index (χ3v) is 6.23. The number of nitrogens with zero attached hydrogens (tertiary/aromatic N) is 4. The molecule has 1 aliphatic carbocycles. The maximum atomic E-state index is 13.7. The van der Waals surface area contributed by atoms with E-state index in [2.05, 4.69) is 5.10 Å². The standard InChI is InChI=1S/C25H28N4O5/c1-16-18(6-5-7-22(16)29(31)32)14-28(15-19-10-11-20(33-3)12-24(19)34-4)25(30)23-13-21(17-8-9-17)26-27(23)2/h5-7,10-13,17H,8-9,14-15H2,1-4H3. The van der Waals surface area contributed by atoms with Gasteiger partial charge in [0.15, 0.2) is 0 Å². The summed E-state index contributed by atoms with van der Waals surface area (Å²) < 4.78 is 12.5. The Morgan fingerprint density at radius 2 is 1.88 bits per heavy atom. The van der Waals surface area contributed by atoms with Crippen LogP contribution in [0.1, 0.15) is 51.6 Å². The summed E-state index contributed by atoms with van der Waals surface area (Å²) in [5.74, 6) is 1.46. The van der Waals surface area contributed by atoms with Crippen molar-refractivity contribution in [2.75, 3.05) is 14.2 Å². The van der Waals surface area contributed by atoms with Crippen LogP contribution in [0.4, 0.5) is 5.69 Å². The van der Waals surface area contributed by atoms with Crippen LogP contribution in [0.15, 0.2) is 42.5 Å². The number of benzene rings is 2. The van der Waals surface area contributed by atoms with Gasteiger partial charge in [-0.3, -0.25) is 19.6 Å². The normalized spacial score (nSPS) is 12.9. The Kier molecular flexibility index (Phi) is 6.54. The fourth-order valence-electron chi connectivity index (χ4n) is 4.06. The highest BCUT2D eigenvalue weighted by Gasteiger charge is 2.30. The van der Waals surface area contributed by atoms with Gasteiger partial charge in [-0.05, 0) is 43.5 Å². The molecule has 0 atom stereocenters. The number of nitro groups is 1. The molecule has 1 heterocycles. The first kappa shape index (κ1) is 23.3. The summed E-state index contributed by atoms with van der Waals surface area (Å²) in [6, 6.07) is 12.2. The van der Waals surface area contributed by atoms with Crippen molar-refractivity contribution in [1.82, 2.24) is 14.7 Å². The van der Waals surface area contributed by atoms with E-state index in [0.717, 1.165) is 24.1 Å². The van der Waals surface area contributed by atoms with E-state index in [0.29, 0.717) is 34.2 Å². The summed E-state index contributed by atoms with van der Waals surface area (Å²) in [5.41, 5.74) is 3.49. The molecule has 0 N–H and O–H groups in total. The molecular formula is C25H28N4O5. The number of aromatic nitrogens is 2. The molecule has 4 rings (SSSR count). The lowest BCUT2D eigenvalue weighted by Crippen LogP contribution is -2.32. The monoisotopic (exact) mass is 464 g/mol. The van der Waals surface area contributed by atoms with Gasteiger partial charge in [0.25, 0.3) is 11.6 Å².